The molecule has 1 saturated carbocycles. The third kappa shape index (κ3) is 2.42. The van der Waals surface area contributed by atoms with Crippen molar-refractivity contribution < 1.29 is 4.79 Å². The summed E-state index contributed by atoms with van der Waals surface area (Å²) in [6, 6.07) is 10.3. The number of hydrogen-bond donors (Lipinski definition) is 0. The molecule has 0 heterocycles. The molecule has 0 bridgehead atoms. The minimum Gasteiger partial charge on any atom is -0.308 e. The Bertz CT molecular complexity index is 385. The van der Waals surface area contributed by atoms with E-state index in [1.807, 2.05) is 32.3 Å². The smallest absolute Gasteiger partial charge is 0.144 e. The highest BCUT2D eigenvalue weighted by atomic mass is 16.1. The summed E-state index contributed by atoms with van der Waals surface area (Å²) in [6.07, 6.45) is 3.95. The van der Waals surface area contributed by atoms with E-state index in [-0.39, 0.29) is 5.41 Å². The van der Waals surface area contributed by atoms with E-state index >= 15 is 0 Å². The fourth-order valence-corrected chi connectivity index (χ4v) is 2.95. The van der Waals surface area contributed by atoms with Crippen LogP contribution in [0, 0.1) is 0 Å². The van der Waals surface area contributed by atoms with Gasteiger partial charge in [0.2, 0.25) is 0 Å². The third-order valence-electron chi connectivity index (χ3n) is 3.70. The van der Waals surface area contributed by atoms with Crippen molar-refractivity contribution >= 4 is 5.78 Å². The zero-order valence-electron chi connectivity index (χ0n) is 10.8. The summed E-state index contributed by atoms with van der Waals surface area (Å²) in [5.74, 6) is 0.420. The van der Waals surface area contributed by atoms with Crippen LogP contribution in [-0.4, -0.2) is 31.3 Å². The number of benzene rings is 1. The minimum atomic E-state index is -0.261. The maximum absolute atomic E-state index is 12.4. The number of rotatable bonds is 3. The average Bonchev–Trinajstić information content (AvgIpc) is 2.33. The average molecular weight is 231 g/mol. The molecular weight excluding hydrogens is 210 g/mol. The Labute approximate surface area is 104 Å². The standard InChI is InChI=1S/C15H21NO/c1-16(2)12-15(11-7-6-10-14(15)17)13-8-4-3-5-9-13/h3-5,8-9H,6-7,10-12H2,1-2H3. The van der Waals surface area contributed by atoms with E-state index in [4.69, 9.17) is 0 Å². The van der Waals surface area contributed by atoms with Crippen molar-refractivity contribution in [2.75, 3.05) is 20.6 Å². The Morgan fingerprint density at radius 1 is 1.18 bits per heavy atom. The van der Waals surface area contributed by atoms with Gasteiger partial charge in [-0.25, -0.2) is 0 Å². The fraction of sp³-hybridized carbons (Fsp3) is 0.533. The molecule has 1 aliphatic rings. The van der Waals surface area contributed by atoms with Gasteiger partial charge in [0.1, 0.15) is 5.78 Å². The Hall–Kier alpha value is -1.15. The van der Waals surface area contributed by atoms with E-state index in [2.05, 4.69) is 17.0 Å². The molecule has 0 saturated heterocycles. The highest BCUT2D eigenvalue weighted by Gasteiger charge is 2.41. The van der Waals surface area contributed by atoms with Gasteiger partial charge in [-0.3, -0.25) is 4.79 Å². The van der Waals surface area contributed by atoms with Gasteiger partial charge in [-0.1, -0.05) is 36.8 Å². The largest absolute Gasteiger partial charge is 0.308 e. The highest BCUT2D eigenvalue weighted by Crippen LogP contribution is 2.37. The van der Waals surface area contributed by atoms with Gasteiger partial charge in [-0.2, -0.15) is 0 Å². The SMILES string of the molecule is CN(C)CC1(c2ccccc2)CCCCC1=O. The van der Waals surface area contributed by atoms with E-state index < -0.39 is 0 Å². The van der Waals surface area contributed by atoms with Gasteiger partial charge in [-0.05, 0) is 32.5 Å². The van der Waals surface area contributed by atoms with Crippen LogP contribution in [0.1, 0.15) is 31.2 Å². The first-order valence-electron chi connectivity index (χ1n) is 6.39. The lowest BCUT2D eigenvalue weighted by Gasteiger charge is -2.38. The number of ketones is 1. The predicted molar refractivity (Wildman–Crippen MR) is 70.1 cm³/mol. The van der Waals surface area contributed by atoms with Crippen LogP contribution in [0.25, 0.3) is 0 Å². The van der Waals surface area contributed by atoms with Crippen molar-refractivity contribution in [3.05, 3.63) is 35.9 Å². The number of Topliss-reactive ketones (excluding diaryl/α,β-unsaturated/α-hetero) is 1. The fourth-order valence-electron chi connectivity index (χ4n) is 2.95. The number of likely N-dealkylation sites (N-methyl/N-ethyl adjacent to an activating group) is 1. The number of carbonyl (C=O) groups excluding carboxylic acids is 1. The summed E-state index contributed by atoms with van der Waals surface area (Å²) in [5.41, 5.74) is 0.932. The van der Waals surface area contributed by atoms with Gasteiger partial charge < -0.3 is 4.90 Å². The second-order valence-corrected chi connectivity index (χ2v) is 5.32. The molecule has 0 aromatic heterocycles. The zero-order valence-corrected chi connectivity index (χ0v) is 10.8. The van der Waals surface area contributed by atoms with Gasteiger partial charge in [-0.15, -0.1) is 0 Å². The van der Waals surface area contributed by atoms with Gasteiger partial charge >= 0.3 is 0 Å². The van der Waals surface area contributed by atoms with Crippen LogP contribution in [0.4, 0.5) is 0 Å². The lowest BCUT2D eigenvalue weighted by Crippen LogP contribution is -2.46. The first kappa shape index (κ1) is 12.3. The number of carbonyl (C=O) groups is 1. The molecule has 2 heteroatoms. The van der Waals surface area contributed by atoms with Crippen LogP contribution in [0.3, 0.4) is 0 Å². The maximum atomic E-state index is 12.4. The summed E-state index contributed by atoms with van der Waals surface area (Å²) in [7, 11) is 4.10. The summed E-state index contributed by atoms with van der Waals surface area (Å²) < 4.78 is 0. The Morgan fingerprint density at radius 2 is 1.88 bits per heavy atom. The van der Waals surface area contributed by atoms with Gasteiger partial charge in [0.15, 0.2) is 0 Å². The molecular formula is C15H21NO. The molecule has 1 aromatic carbocycles. The second kappa shape index (κ2) is 5.01. The van der Waals surface area contributed by atoms with E-state index in [9.17, 15) is 4.79 Å². The molecule has 1 atom stereocenters. The van der Waals surface area contributed by atoms with Gasteiger partial charge in [0.05, 0.1) is 5.41 Å². The van der Waals surface area contributed by atoms with Crippen LogP contribution < -0.4 is 0 Å². The van der Waals surface area contributed by atoms with Crippen molar-refractivity contribution in [2.45, 2.75) is 31.1 Å². The van der Waals surface area contributed by atoms with Crippen LogP contribution in [0.5, 0.6) is 0 Å². The van der Waals surface area contributed by atoms with E-state index in [0.717, 1.165) is 32.2 Å². The Morgan fingerprint density at radius 3 is 2.47 bits per heavy atom. The molecule has 0 N–H and O–H groups in total. The first-order chi connectivity index (χ1) is 8.15. The molecule has 0 spiro atoms. The third-order valence-corrected chi connectivity index (χ3v) is 3.70. The van der Waals surface area contributed by atoms with E-state index in [0.29, 0.717) is 5.78 Å². The van der Waals surface area contributed by atoms with Crippen LogP contribution in [0.2, 0.25) is 0 Å². The number of nitrogens with zero attached hydrogens (tertiary/aromatic N) is 1. The summed E-state index contributed by atoms with van der Waals surface area (Å²) >= 11 is 0. The van der Waals surface area contributed by atoms with Crippen molar-refractivity contribution in [1.82, 2.24) is 4.90 Å². The van der Waals surface area contributed by atoms with E-state index in [1.165, 1.54) is 5.56 Å². The maximum Gasteiger partial charge on any atom is 0.144 e. The van der Waals surface area contributed by atoms with Crippen LogP contribution in [-0.2, 0) is 10.2 Å². The molecule has 0 aliphatic heterocycles. The molecule has 0 radical (unpaired) electrons. The highest BCUT2D eigenvalue weighted by molar-refractivity contribution is 5.91. The zero-order chi connectivity index (χ0) is 12.3. The Balaban J connectivity index is 2.39. The van der Waals surface area contributed by atoms with Gasteiger partial charge in [0, 0.05) is 13.0 Å². The predicted octanol–water partition coefficient (Wildman–Crippen LogP) is 2.63. The quantitative estimate of drug-likeness (QED) is 0.797. The molecule has 1 aromatic rings. The molecule has 2 rings (SSSR count). The number of hydrogen-bond acceptors (Lipinski definition) is 2. The molecule has 1 unspecified atom stereocenters. The molecule has 17 heavy (non-hydrogen) atoms. The van der Waals surface area contributed by atoms with Crippen LogP contribution in [0.15, 0.2) is 30.3 Å². The molecule has 2 nitrogen and oxygen atoms in total. The summed E-state index contributed by atoms with van der Waals surface area (Å²) in [5, 5.41) is 0. The summed E-state index contributed by atoms with van der Waals surface area (Å²) in [6.45, 7) is 0.829. The van der Waals surface area contributed by atoms with Gasteiger partial charge in [0.25, 0.3) is 0 Å². The van der Waals surface area contributed by atoms with Crippen molar-refractivity contribution in [3.63, 3.8) is 0 Å². The normalized spacial score (nSPS) is 25.2. The van der Waals surface area contributed by atoms with Crippen LogP contribution >= 0.6 is 0 Å². The van der Waals surface area contributed by atoms with Crippen molar-refractivity contribution in [1.29, 1.82) is 0 Å². The molecule has 92 valence electrons. The lowest BCUT2D eigenvalue weighted by molar-refractivity contribution is -0.127. The Kier molecular flexibility index (Phi) is 3.63. The van der Waals surface area contributed by atoms with Crippen molar-refractivity contribution in [2.24, 2.45) is 0 Å². The topological polar surface area (TPSA) is 20.3 Å². The minimum absolute atomic E-state index is 0.261. The first-order valence-corrected chi connectivity index (χ1v) is 6.39. The second-order valence-electron chi connectivity index (χ2n) is 5.32. The monoisotopic (exact) mass is 231 g/mol. The summed E-state index contributed by atoms with van der Waals surface area (Å²) in [4.78, 5) is 14.6. The molecule has 1 fully saturated rings. The van der Waals surface area contributed by atoms with E-state index in [1.54, 1.807) is 0 Å². The lowest BCUT2D eigenvalue weighted by atomic mass is 9.68. The molecule has 0 amide bonds. The molecule has 1 aliphatic carbocycles. The van der Waals surface area contributed by atoms with Crippen molar-refractivity contribution in [3.8, 4) is 0 Å².